The third-order valence-corrected chi connectivity index (χ3v) is 2.98. The van der Waals surface area contributed by atoms with Crippen molar-refractivity contribution in [1.29, 1.82) is 0 Å². The fraction of sp³-hybridized carbons (Fsp3) is 0.500. The molecule has 1 aromatic rings. The van der Waals surface area contributed by atoms with Crippen LogP contribution in [0.5, 0.6) is 0 Å². The summed E-state index contributed by atoms with van der Waals surface area (Å²) in [5, 5.41) is 0.770. The van der Waals surface area contributed by atoms with Crippen LogP contribution in [-0.4, -0.2) is 18.8 Å². The molecule has 0 saturated heterocycles. The third-order valence-electron chi connectivity index (χ3n) is 2.61. The number of nitrogens with two attached hydrogens (primary N) is 1. The largest absolute Gasteiger partial charge is 0.377 e. The molecule has 0 saturated carbocycles. The summed E-state index contributed by atoms with van der Waals surface area (Å²) in [7, 11) is 0. The molecule has 2 atom stereocenters. The molecule has 0 spiro atoms. The van der Waals surface area contributed by atoms with Gasteiger partial charge in [0, 0.05) is 11.6 Å². The lowest BCUT2D eigenvalue weighted by molar-refractivity contribution is 0.0476. The van der Waals surface area contributed by atoms with Crippen LogP contribution in [0.15, 0.2) is 24.3 Å². The van der Waals surface area contributed by atoms with E-state index >= 15 is 0 Å². The molecule has 0 aliphatic rings. The molecule has 1 aromatic carbocycles. The number of hydrazine groups is 1. The Bertz CT molecular complexity index is 320. The van der Waals surface area contributed by atoms with Gasteiger partial charge in [-0.25, -0.2) is 0 Å². The average Bonchev–Trinajstić information content (AvgIpc) is 2.28. The molecule has 0 aliphatic carbocycles. The Morgan fingerprint density at radius 2 is 2.12 bits per heavy atom. The molecule has 0 fully saturated rings. The summed E-state index contributed by atoms with van der Waals surface area (Å²) in [6, 6.07) is 7.85. The summed E-state index contributed by atoms with van der Waals surface area (Å²) in [5.41, 5.74) is 3.86. The van der Waals surface area contributed by atoms with Crippen molar-refractivity contribution in [2.45, 2.75) is 32.4 Å². The highest BCUT2D eigenvalue weighted by Gasteiger charge is 2.17. The Morgan fingerprint density at radius 3 is 2.69 bits per heavy atom. The molecule has 0 bridgehead atoms. The van der Waals surface area contributed by atoms with Crippen LogP contribution in [0.3, 0.4) is 0 Å². The lowest BCUT2D eigenvalue weighted by atomic mass is 10.0. The zero-order valence-electron chi connectivity index (χ0n) is 9.74. The first-order valence-electron chi connectivity index (χ1n) is 5.50. The second-order valence-electron chi connectivity index (χ2n) is 3.73. The fourth-order valence-corrected chi connectivity index (χ4v) is 1.85. The molecular formula is C12H19ClN2O. The molecule has 90 valence electrons. The first kappa shape index (κ1) is 13.5. The Morgan fingerprint density at radius 1 is 1.44 bits per heavy atom. The molecule has 2 unspecified atom stereocenters. The highest BCUT2D eigenvalue weighted by Crippen LogP contribution is 2.17. The molecule has 4 heteroatoms. The summed E-state index contributed by atoms with van der Waals surface area (Å²) in [4.78, 5) is 0. The van der Waals surface area contributed by atoms with Crippen molar-refractivity contribution in [3.05, 3.63) is 34.9 Å². The average molecular weight is 243 g/mol. The van der Waals surface area contributed by atoms with Gasteiger partial charge in [0.2, 0.25) is 0 Å². The van der Waals surface area contributed by atoms with Gasteiger partial charge in [-0.1, -0.05) is 29.8 Å². The molecule has 16 heavy (non-hydrogen) atoms. The van der Waals surface area contributed by atoms with E-state index in [4.69, 9.17) is 22.2 Å². The number of nitrogens with one attached hydrogen (secondary N) is 1. The van der Waals surface area contributed by atoms with E-state index in [0.29, 0.717) is 6.61 Å². The van der Waals surface area contributed by atoms with E-state index in [9.17, 15) is 0 Å². The van der Waals surface area contributed by atoms with Crippen molar-refractivity contribution in [1.82, 2.24) is 5.43 Å². The minimum atomic E-state index is 0.0614. The van der Waals surface area contributed by atoms with E-state index in [1.807, 2.05) is 38.1 Å². The van der Waals surface area contributed by atoms with Gasteiger partial charge in [0.1, 0.15) is 0 Å². The summed E-state index contributed by atoms with van der Waals surface area (Å²) >= 11 is 6.10. The summed E-state index contributed by atoms with van der Waals surface area (Å²) in [6.45, 7) is 4.66. The highest BCUT2D eigenvalue weighted by molar-refractivity contribution is 6.31. The van der Waals surface area contributed by atoms with Crippen LogP contribution in [0.4, 0.5) is 0 Å². The van der Waals surface area contributed by atoms with Gasteiger partial charge >= 0.3 is 0 Å². The summed E-state index contributed by atoms with van der Waals surface area (Å²) in [6.07, 6.45) is 0.823. The Labute approximate surface area is 102 Å². The van der Waals surface area contributed by atoms with Gasteiger partial charge in [-0.2, -0.15) is 0 Å². The molecule has 3 nitrogen and oxygen atoms in total. The van der Waals surface area contributed by atoms with Crippen LogP contribution >= 0.6 is 11.6 Å². The van der Waals surface area contributed by atoms with Crippen molar-refractivity contribution < 1.29 is 4.74 Å². The third kappa shape index (κ3) is 3.76. The van der Waals surface area contributed by atoms with Gasteiger partial charge in [-0.3, -0.25) is 11.3 Å². The molecule has 1 rings (SSSR count). The van der Waals surface area contributed by atoms with E-state index < -0.39 is 0 Å². The molecule has 0 aliphatic heterocycles. The van der Waals surface area contributed by atoms with Crippen molar-refractivity contribution in [3.8, 4) is 0 Å². The topological polar surface area (TPSA) is 47.3 Å². The van der Waals surface area contributed by atoms with Crippen LogP contribution < -0.4 is 11.3 Å². The molecule has 3 N–H and O–H groups in total. The van der Waals surface area contributed by atoms with Gasteiger partial charge in [-0.05, 0) is 31.9 Å². The Kier molecular flexibility index (Phi) is 5.77. The number of hydrogen-bond acceptors (Lipinski definition) is 3. The van der Waals surface area contributed by atoms with Crippen LogP contribution in [0, 0.1) is 0 Å². The van der Waals surface area contributed by atoms with Gasteiger partial charge in [-0.15, -0.1) is 0 Å². The highest BCUT2D eigenvalue weighted by atomic mass is 35.5. The molecular weight excluding hydrogens is 224 g/mol. The predicted octanol–water partition coefficient (Wildman–Crippen LogP) is 2.14. The standard InChI is InChI=1S/C12H19ClN2O/c1-3-16-9(2)12(15-14)8-10-6-4-5-7-11(10)13/h4-7,9,12,15H,3,8,14H2,1-2H3. The molecule has 0 amide bonds. The number of benzene rings is 1. The van der Waals surface area contributed by atoms with E-state index in [0.717, 1.165) is 17.0 Å². The van der Waals surface area contributed by atoms with Crippen LogP contribution in [-0.2, 0) is 11.2 Å². The summed E-state index contributed by atoms with van der Waals surface area (Å²) in [5.74, 6) is 5.53. The number of halogens is 1. The lowest BCUT2D eigenvalue weighted by Gasteiger charge is -2.23. The minimum Gasteiger partial charge on any atom is -0.377 e. The van der Waals surface area contributed by atoms with Crippen molar-refractivity contribution in [2.75, 3.05) is 6.61 Å². The van der Waals surface area contributed by atoms with E-state index in [-0.39, 0.29) is 12.1 Å². The fourth-order valence-electron chi connectivity index (χ4n) is 1.64. The number of hydrogen-bond donors (Lipinski definition) is 2. The van der Waals surface area contributed by atoms with E-state index in [2.05, 4.69) is 5.43 Å². The second-order valence-corrected chi connectivity index (χ2v) is 4.14. The van der Waals surface area contributed by atoms with Crippen molar-refractivity contribution in [3.63, 3.8) is 0 Å². The van der Waals surface area contributed by atoms with Crippen molar-refractivity contribution in [2.24, 2.45) is 5.84 Å². The summed E-state index contributed by atoms with van der Waals surface area (Å²) < 4.78 is 5.52. The van der Waals surface area contributed by atoms with E-state index in [1.165, 1.54) is 0 Å². The van der Waals surface area contributed by atoms with E-state index in [1.54, 1.807) is 0 Å². The number of ether oxygens (including phenoxy) is 1. The first-order chi connectivity index (χ1) is 7.69. The Hall–Kier alpha value is -0.610. The Balaban J connectivity index is 2.66. The van der Waals surface area contributed by atoms with Crippen LogP contribution in [0.1, 0.15) is 19.4 Å². The minimum absolute atomic E-state index is 0.0614. The maximum atomic E-state index is 6.10. The molecule has 0 aromatic heterocycles. The maximum Gasteiger partial charge on any atom is 0.0716 e. The molecule has 0 radical (unpaired) electrons. The first-order valence-corrected chi connectivity index (χ1v) is 5.88. The maximum absolute atomic E-state index is 6.10. The zero-order valence-corrected chi connectivity index (χ0v) is 10.5. The second kappa shape index (κ2) is 6.86. The van der Waals surface area contributed by atoms with Gasteiger partial charge in [0.15, 0.2) is 0 Å². The normalized spacial score (nSPS) is 14.8. The van der Waals surface area contributed by atoms with Gasteiger partial charge in [0.05, 0.1) is 12.1 Å². The smallest absolute Gasteiger partial charge is 0.0716 e. The lowest BCUT2D eigenvalue weighted by Crippen LogP contribution is -2.45. The predicted molar refractivity (Wildman–Crippen MR) is 67.4 cm³/mol. The van der Waals surface area contributed by atoms with Crippen LogP contribution in [0.25, 0.3) is 0 Å². The van der Waals surface area contributed by atoms with Crippen LogP contribution in [0.2, 0.25) is 5.02 Å². The van der Waals surface area contributed by atoms with Gasteiger partial charge < -0.3 is 4.74 Å². The SMILES string of the molecule is CCOC(C)C(Cc1ccccc1Cl)NN. The number of rotatable bonds is 6. The van der Waals surface area contributed by atoms with Crippen molar-refractivity contribution >= 4 is 11.6 Å². The molecule has 0 heterocycles. The monoisotopic (exact) mass is 242 g/mol. The zero-order chi connectivity index (χ0) is 12.0. The quantitative estimate of drug-likeness (QED) is 0.594. The van der Waals surface area contributed by atoms with Gasteiger partial charge in [0.25, 0.3) is 0 Å².